The van der Waals surface area contributed by atoms with Crippen molar-refractivity contribution in [3.8, 4) is 0 Å². The fraction of sp³-hybridized carbons (Fsp3) is 0.933. The molecule has 2 aliphatic rings. The largest absolute Gasteiger partial charge is 0.393 e. The summed E-state index contributed by atoms with van der Waals surface area (Å²) in [6.07, 6.45) is 5.71. The molecular formula is C15H27NO3. The van der Waals surface area contributed by atoms with E-state index in [1.807, 2.05) is 11.8 Å². The maximum absolute atomic E-state index is 12.3. The van der Waals surface area contributed by atoms with Crippen molar-refractivity contribution in [2.24, 2.45) is 5.92 Å². The van der Waals surface area contributed by atoms with Gasteiger partial charge in [0.25, 0.3) is 5.91 Å². The molecule has 19 heavy (non-hydrogen) atoms. The summed E-state index contributed by atoms with van der Waals surface area (Å²) in [5.41, 5.74) is 0. The number of rotatable bonds is 3. The number of carbonyl (C=O) groups excluding carboxylic acids is 1. The molecule has 0 radical (unpaired) electrons. The highest BCUT2D eigenvalue weighted by atomic mass is 16.5. The maximum Gasteiger partial charge on any atom is 0.251 e. The normalized spacial score (nSPS) is 31.2. The minimum atomic E-state index is -0.342. The molecule has 2 fully saturated rings. The number of amides is 1. The number of hydrogen-bond acceptors (Lipinski definition) is 3. The second-order valence-electron chi connectivity index (χ2n) is 6.23. The van der Waals surface area contributed by atoms with Crippen LogP contribution in [0.2, 0.25) is 0 Å². The topological polar surface area (TPSA) is 49.8 Å². The zero-order valence-electron chi connectivity index (χ0n) is 12.2. The number of nitrogens with zero attached hydrogens (tertiary/aromatic N) is 1. The molecule has 0 aromatic carbocycles. The van der Waals surface area contributed by atoms with Crippen molar-refractivity contribution in [1.82, 2.24) is 4.90 Å². The van der Waals surface area contributed by atoms with E-state index in [2.05, 4.69) is 6.92 Å². The number of aliphatic hydroxyl groups excluding tert-OH is 1. The van der Waals surface area contributed by atoms with Crippen molar-refractivity contribution in [3.05, 3.63) is 0 Å². The summed E-state index contributed by atoms with van der Waals surface area (Å²) >= 11 is 0. The third-order valence-corrected chi connectivity index (χ3v) is 4.41. The van der Waals surface area contributed by atoms with Crippen molar-refractivity contribution in [2.45, 2.75) is 70.7 Å². The molecule has 0 aromatic heterocycles. The van der Waals surface area contributed by atoms with Crippen molar-refractivity contribution >= 4 is 5.91 Å². The van der Waals surface area contributed by atoms with Crippen LogP contribution in [0.5, 0.6) is 0 Å². The van der Waals surface area contributed by atoms with Crippen molar-refractivity contribution < 1.29 is 14.6 Å². The van der Waals surface area contributed by atoms with Gasteiger partial charge >= 0.3 is 0 Å². The maximum atomic E-state index is 12.3. The second-order valence-corrected chi connectivity index (χ2v) is 6.23. The van der Waals surface area contributed by atoms with E-state index >= 15 is 0 Å². The molecule has 3 unspecified atom stereocenters. The van der Waals surface area contributed by atoms with Gasteiger partial charge in [0.1, 0.15) is 6.10 Å². The van der Waals surface area contributed by atoms with Crippen LogP contribution in [0.25, 0.3) is 0 Å². The van der Waals surface area contributed by atoms with Crippen molar-refractivity contribution in [3.63, 3.8) is 0 Å². The van der Waals surface area contributed by atoms with Crippen LogP contribution in [0.15, 0.2) is 0 Å². The summed E-state index contributed by atoms with van der Waals surface area (Å²) in [7, 11) is 0. The highest BCUT2D eigenvalue weighted by Crippen LogP contribution is 2.27. The summed E-state index contributed by atoms with van der Waals surface area (Å²) in [5.74, 6) is 0.802. The van der Waals surface area contributed by atoms with Crippen LogP contribution < -0.4 is 0 Å². The van der Waals surface area contributed by atoms with Gasteiger partial charge in [0.15, 0.2) is 0 Å². The summed E-state index contributed by atoms with van der Waals surface area (Å²) in [4.78, 5) is 14.1. The smallest absolute Gasteiger partial charge is 0.251 e. The second kappa shape index (κ2) is 6.71. The van der Waals surface area contributed by atoms with Crippen LogP contribution in [0.3, 0.4) is 0 Å². The Morgan fingerprint density at radius 1 is 1.26 bits per heavy atom. The average Bonchev–Trinajstić information content (AvgIpc) is 2.39. The van der Waals surface area contributed by atoms with Gasteiger partial charge in [0.2, 0.25) is 0 Å². The third kappa shape index (κ3) is 4.18. The Labute approximate surface area is 116 Å². The minimum absolute atomic E-state index is 0.0881. The molecule has 2 rings (SSSR count). The Hall–Kier alpha value is -0.610. The number of hydrogen-bond donors (Lipinski definition) is 1. The molecule has 4 nitrogen and oxygen atoms in total. The monoisotopic (exact) mass is 269 g/mol. The molecule has 1 aliphatic heterocycles. The van der Waals surface area contributed by atoms with Crippen molar-refractivity contribution in [1.29, 1.82) is 0 Å². The first-order chi connectivity index (χ1) is 9.06. The number of piperidine rings is 1. The van der Waals surface area contributed by atoms with Gasteiger partial charge in [0, 0.05) is 13.1 Å². The molecule has 3 atom stereocenters. The molecule has 0 spiro atoms. The fourth-order valence-corrected chi connectivity index (χ4v) is 3.19. The number of ether oxygens (including phenoxy) is 1. The van der Waals surface area contributed by atoms with Gasteiger partial charge in [-0.25, -0.2) is 0 Å². The van der Waals surface area contributed by atoms with E-state index < -0.39 is 0 Å². The van der Waals surface area contributed by atoms with Crippen molar-refractivity contribution in [2.75, 3.05) is 13.1 Å². The van der Waals surface area contributed by atoms with Gasteiger partial charge in [-0.15, -0.1) is 0 Å². The van der Waals surface area contributed by atoms with Crippen LogP contribution >= 0.6 is 0 Å². The predicted molar refractivity (Wildman–Crippen MR) is 73.8 cm³/mol. The molecule has 1 saturated carbocycles. The first-order valence-corrected chi connectivity index (χ1v) is 7.68. The number of carbonyl (C=O) groups is 1. The Kier molecular flexibility index (Phi) is 5.22. The van der Waals surface area contributed by atoms with Crippen LogP contribution in [-0.2, 0) is 9.53 Å². The molecule has 0 aromatic rings. The van der Waals surface area contributed by atoms with E-state index in [1.54, 1.807) is 0 Å². The van der Waals surface area contributed by atoms with E-state index in [0.29, 0.717) is 31.8 Å². The highest BCUT2D eigenvalue weighted by Gasteiger charge is 2.28. The number of aliphatic hydroxyl groups is 1. The molecular weight excluding hydrogens is 242 g/mol. The quantitative estimate of drug-likeness (QED) is 0.852. The predicted octanol–water partition coefficient (Wildman–Crippen LogP) is 1.95. The lowest BCUT2D eigenvalue weighted by Crippen LogP contribution is -2.46. The SMILES string of the molecule is CC1CCCC(OC(C)C(=O)N2CCC(O)CC2)C1. The Balaban J connectivity index is 1.78. The van der Waals surface area contributed by atoms with Gasteiger partial charge in [-0.1, -0.05) is 19.8 Å². The zero-order valence-corrected chi connectivity index (χ0v) is 12.2. The van der Waals surface area contributed by atoms with Gasteiger partial charge in [-0.3, -0.25) is 4.79 Å². The van der Waals surface area contributed by atoms with E-state index in [0.717, 1.165) is 12.8 Å². The molecule has 1 N–H and O–H groups in total. The lowest BCUT2D eigenvalue weighted by atomic mass is 9.88. The van der Waals surface area contributed by atoms with Gasteiger partial charge < -0.3 is 14.7 Å². The zero-order chi connectivity index (χ0) is 13.8. The van der Waals surface area contributed by atoms with Crippen LogP contribution in [0.1, 0.15) is 52.4 Å². The lowest BCUT2D eigenvalue weighted by Gasteiger charge is -2.34. The first-order valence-electron chi connectivity index (χ1n) is 7.68. The Morgan fingerprint density at radius 2 is 1.95 bits per heavy atom. The van der Waals surface area contributed by atoms with Gasteiger partial charge in [0.05, 0.1) is 12.2 Å². The summed E-state index contributed by atoms with van der Waals surface area (Å²) in [5, 5.41) is 9.47. The average molecular weight is 269 g/mol. The molecule has 1 heterocycles. The van der Waals surface area contributed by atoms with E-state index in [4.69, 9.17) is 4.74 Å². The van der Waals surface area contributed by atoms with E-state index in [1.165, 1.54) is 12.8 Å². The highest BCUT2D eigenvalue weighted by molar-refractivity contribution is 5.80. The number of likely N-dealkylation sites (tertiary alicyclic amines) is 1. The summed E-state index contributed by atoms with van der Waals surface area (Å²) < 4.78 is 5.95. The Bertz CT molecular complexity index is 300. The summed E-state index contributed by atoms with van der Waals surface area (Å²) in [6.45, 7) is 5.45. The minimum Gasteiger partial charge on any atom is -0.393 e. The van der Waals surface area contributed by atoms with Crippen LogP contribution in [0.4, 0.5) is 0 Å². The van der Waals surface area contributed by atoms with E-state index in [-0.39, 0.29) is 24.2 Å². The standard InChI is InChI=1S/C15H27NO3/c1-11-4-3-5-14(10-11)19-12(2)15(18)16-8-6-13(17)7-9-16/h11-14,17H,3-10H2,1-2H3. The Morgan fingerprint density at radius 3 is 2.58 bits per heavy atom. The van der Waals surface area contributed by atoms with E-state index in [9.17, 15) is 9.90 Å². The van der Waals surface area contributed by atoms with Gasteiger partial charge in [-0.05, 0) is 38.5 Å². The summed E-state index contributed by atoms with van der Waals surface area (Å²) in [6, 6.07) is 0. The molecule has 1 amide bonds. The molecule has 1 saturated heterocycles. The molecule has 1 aliphatic carbocycles. The van der Waals surface area contributed by atoms with Crippen LogP contribution in [0, 0.1) is 5.92 Å². The van der Waals surface area contributed by atoms with Gasteiger partial charge in [-0.2, -0.15) is 0 Å². The molecule has 110 valence electrons. The molecule has 4 heteroatoms. The molecule has 0 bridgehead atoms. The lowest BCUT2D eigenvalue weighted by molar-refractivity contribution is -0.149. The first kappa shape index (κ1) is 14.8. The van der Waals surface area contributed by atoms with Crippen LogP contribution in [-0.4, -0.2) is 47.3 Å². The fourth-order valence-electron chi connectivity index (χ4n) is 3.19. The third-order valence-electron chi connectivity index (χ3n) is 4.41.